The number of hydrogen-bond acceptors (Lipinski definition) is 4. The van der Waals surface area contributed by atoms with Crippen LogP contribution in [0.15, 0.2) is 18.2 Å². The van der Waals surface area contributed by atoms with E-state index >= 15 is 0 Å². The van der Waals surface area contributed by atoms with E-state index in [4.69, 9.17) is 4.74 Å². The van der Waals surface area contributed by atoms with Gasteiger partial charge in [0.1, 0.15) is 0 Å². The summed E-state index contributed by atoms with van der Waals surface area (Å²) in [5, 5.41) is 0. The molecule has 0 aliphatic carbocycles. The molecule has 6 heteroatoms. The minimum Gasteiger partial charge on any atom is -0.376 e. The van der Waals surface area contributed by atoms with Crippen LogP contribution in [0.5, 0.6) is 0 Å². The normalized spacial score (nSPS) is 23.3. The average molecular weight is 342 g/mol. The molecule has 0 N–H and O–H groups in total. The van der Waals surface area contributed by atoms with E-state index in [9.17, 15) is 14.4 Å². The van der Waals surface area contributed by atoms with E-state index in [1.165, 1.54) is 4.90 Å². The summed E-state index contributed by atoms with van der Waals surface area (Å²) in [5.41, 5.74) is 1.21. The van der Waals surface area contributed by atoms with Crippen molar-refractivity contribution in [2.24, 2.45) is 0 Å². The first kappa shape index (κ1) is 16.3. The Balaban J connectivity index is 1.55. The molecule has 3 amide bonds. The minimum atomic E-state index is -0.316. The lowest BCUT2D eigenvalue weighted by Crippen LogP contribution is -2.36. The molecule has 3 heterocycles. The highest BCUT2D eigenvalue weighted by Crippen LogP contribution is 2.26. The van der Waals surface area contributed by atoms with Gasteiger partial charge in [-0.3, -0.25) is 19.3 Å². The lowest BCUT2D eigenvalue weighted by Gasteiger charge is -2.26. The fourth-order valence-corrected chi connectivity index (χ4v) is 3.86. The highest BCUT2D eigenvalue weighted by Gasteiger charge is 2.38. The maximum atomic E-state index is 12.7. The monoisotopic (exact) mass is 342 g/mol. The molecule has 1 unspecified atom stereocenters. The van der Waals surface area contributed by atoms with Gasteiger partial charge in [-0.2, -0.15) is 0 Å². The molecule has 0 bridgehead atoms. The van der Waals surface area contributed by atoms with Crippen molar-refractivity contribution in [3.63, 3.8) is 0 Å². The topological polar surface area (TPSA) is 66.9 Å². The summed E-state index contributed by atoms with van der Waals surface area (Å²) in [4.78, 5) is 40.9. The summed E-state index contributed by atoms with van der Waals surface area (Å²) in [7, 11) is 0. The van der Waals surface area contributed by atoms with E-state index in [-0.39, 0.29) is 23.8 Å². The van der Waals surface area contributed by atoms with Crippen LogP contribution >= 0.6 is 0 Å². The number of imide groups is 1. The van der Waals surface area contributed by atoms with Crippen LogP contribution in [0.3, 0.4) is 0 Å². The zero-order valence-electron chi connectivity index (χ0n) is 14.2. The first-order valence-corrected chi connectivity index (χ1v) is 9.06. The number of carbonyl (C=O) groups excluding carboxylic acids is 3. The predicted octanol–water partition coefficient (Wildman–Crippen LogP) is 2.09. The zero-order chi connectivity index (χ0) is 17.4. The number of benzene rings is 1. The van der Waals surface area contributed by atoms with Gasteiger partial charge in [-0.05, 0) is 50.3 Å². The molecule has 0 radical (unpaired) electrons. The van der Waals surface area contributed by atoms with Crippen molar-refractivity contribution >= 4 is 17.7 Å². The first-order valence-electron chi connectivity index (χ1n) is 9.06. The molecule has 3 aliphatic heterocycles. The molecule has 1 aromatic rings. The van der Waals surface area contributed by atoms with Crippen LogP contribution in [0.4, 0.5) is 0 Å². The van der Waals surface area contributed by atoms with Gasteiger partial charge in [0.05, 0.1) is 23.8 Å². The number of fused-ring (bicyclic) bond motifs is 1. The van der Waals surface area contributed by atoms with Gasteiger partial charge in [-0.15, -0.1) is 0 Å². The van der Waals surface area contributed by atoms with E-state index in [0.29, 0.717) is 29.8 Å². The molecule has 2 fully saturated rings. The number of carbonyl (C=O) groups is 3. The summed E-state index contributed by atoms with van der Waals surface area (Å²) >= 11 is 0. The molecule has 1 aromatic carbocycles. The summed E-state index contributed by atoms with van der Waals surface area (Å²) in [5.74, 6) is -0.656. The third-order valence-corrected chi connectivity index (χ3v) is 5.27. The van der Waals surface area contributed by atoms with Crippen LogP contribution in [0.2, 0.25) is 0 Å². The Morgan fingerprint density at radius 2 is 1.80 bits per heavy atom. The van der Waals surface area contributed by atoms with Gasteiger partial charge in [0.25, 0.3) is 17.7 Å². The van der Waals surface area contributed by atoms with Crippen LogP contribution in [-0.2, 0) is 4.74 Å². The minimum absolute atomic E-state index is 0.0553. The number of amides is 3. The van der Waals surface area contributed by atoms with Crippen molar-refractivity contribution in [1.29, 1.82) is 0 Å². The van der Waals surface area contributed by atoms with Gasteiger partial charge in [0.15, 0.2) is 0 Å². The number of ether oxygens (including phenoxy) is 1. The van der Waals surface area contributed by atoms with Crippen LogP contribution in [0.1, 0.15) is 63.2 Å². The second-order valence-electron chi connectivity index (χ2n) is 6.97. The Morgan fingerprint density at radius 3 is 2.52 bits per heavy atom. The van der Waals surface area contributed by atoms with E-state index in [1.807, 2.05) is 4.90 Å². The Labute approximate surface area is 146 Å². The quantitative estimate of drug-likeness (QED) is 0.789. The molecule has 6 nitrogen and oxygen atoms in total. The fraction of sp³-hybridized carbons (Fsp3) is 0.526. The second kappa shape index (κ2) is 6.59. The molecular weight excluding hydrogens is 320 g/mol. The van der Waals surface area contributed by atoms with Gasteiger partial charge in [-0.25, -0.2) is 0 Å². The first-order chi connectivity index (χ1) is 12.1. The Morgan fingerprint density at radius 1 is 1.04 bits per heavy atom. The van der Waals surface area contributed by atoms with Crippen LogP contribution < -0.4 is 0 Å². The predicted molar refractivity (Wildman–Crippen MR) is 90.5 cm³/mol. The number of likely N-dealkylation sites (tertiary alicyclic amines) is 1. The molecule has 3 aliphatic rings. The molecule has 1 atom stereocenters. The van der Waals surface area contributed by atoms with Gasteiger partial charge in [-0.1, -0.05) is 0 Å². The Kier molecular flexibility index (Phi) is 4.29. The molecular formula is C19H22N2O4. The second-order valence-corrected chi connectivity index (χ2v) is 6.97. The van der Waals surface area contributed by atoms with Crippen molar-refractivity contribution in [1.82, 2.24) is 9.80 Å². The zero-order valence-corrected chi connectivity index (χ0v) is 14.2. The van der Waals surface area contributed by atoms with Crippen molar-refractivity contribution in [2.75, 3.05) is 26.2 Å². The highest BCUT2D eigenvalue weighted by molar-refractivity contribution is 6.22. The molecule has 0 saturated carbocycles. The summed E-state index contributed by atoms with van der Waals surface area (Å²) < 4.78 is 5.54. The maximum Gasteiger partial charge on any atom is 0.261 e. The Bertz CT molecular complexity index is 718. The van der Waals surface area contributed by atoms with Crippen molar-refractivity contribution in [2.45, 2.75) is 38.2 Å². The number of hydrogen-bond donors (Lipinski definition) is 0. The maximum absolute atomic E-state index is 12.7. The molecule has 0 spiro atoms. The van der Waals surface area contributed by atoms with Crippen LogP contribution in [-0.4, -0.2) is 59.9 Å². The summed E-state index contributed by atoms with van der Waals surface area (Å²) in [6.07, 6.45) is 4.94. The molecule has 0 aromatic heterocycles. The smallest absolute Gasteiger partial charge is 0.261 e. The van der Waals surface area contributed by atoms with Gasteiger partial charge < -0.3 is 9.64 Å². The van der Waals surface area contributed by atoms with Gasteiger partial charge in [0, 0.05) is 25.3 Å². The van der Waals surface area contributed by atoms with Gasteiger partial charge in [0.2, 0.25) is 0 Å². The number of piperidine rings is 1. The number of nitrogens with zero attached hydrogens (tertiary/aromatic N) is 2. The van der Waals surface area contributed by atoms with Crippen molar-refractivity contribution in [3.05, 3.63) is 34.9 Å². The lowest BCUT2D eigenvalue weighted by molar-refractivity contribution is 0.0475. The molecule has 25 heavy (non-hydrogen) atoms. The third kappa shape index (κ3) is 2.95. The fourth-order valence-electron chi connectivity index (χ4n) is 3.86. The highest BCUT2D eigenvalue weighted by atomic mass is 16.5. The van der Waals surface area contributed by atoms with Gasteiger partial charge >= 0.3 is 0 Å². The van der Waals surface area contributed by atoms with E-state index in [0.717, 1.165) is 45.2 Å². The summed E-state index contributed by atoms with van der Waals surface area (Å²) in [6.45, 7) is 2.49. The lowest BCUT2D eigenvalue weighted by atomic mass is 10.0. The largest absolute Gasteiger partial charge is 0.376 e. The van der Waals surface area contributed by atoms with Crippen molar-refractivity contribution in [3.8, 4) is 0 Å². The van der Waals surface area contributed by atoms with E-state index in [1.54, 1.807) is 18.2 Å². The van der Waals surface area contributed by atoms with Crippen LogP contribution in [0.25, 0.3) is 0 Å². The van der Waals surface area contributed by atoms with E-state index < -0.39 is 0 Å². The molecule has 4 rings (SSSR count). The SMILES string of the molecule is O=C(c1ccc2c(c1)C(=O)N(CC1CCCO1)C2=O)N1CCCCC1. The Hall–Kier alpha value is -2.21. The molecule has 132 valence electrons. The standard InChI is InChI=1S/C19H22N2O4/c22-17(20-8-2-1-3-9-20)13-6-7-15-16(11-13)19(24)21(18(15)23)12-14-5-4-10-25-14/h6-7,11,14H,1-5,8-10,12H2. The van der Waals surface area contributed by atoms with E-state index in [2.05, 4.69) is 0 Å². The summed E-state index contributed by atoms with van der Waals surface area (Å²) in [6, 6.07) is 4.86. The van der Waals surface area contributed by atoms with Crippen LogP contribution in [0, 0.1) is 0 Å². The third-order valence-electron chi connectivity index (χ3n) is 5.27. The average Bonchev–Trinajstić information content (AvgIpc) is 3.25. The number of rotatable bonds is 3. The molecule has 2 saturated heterocycles. The van der Waals surface area contributed by atoms with Crippen molar-refractivity contribution < 1.29 is 19.1 Å².